The molecule has 16 heavy (non-hydrogen) atoms. The van der Waals surface area contributed by atoms with Crippen molar-refractivity contribution >= 4 is 0 Å². The summed E-state index contributed by atoms with van der Waals surface area (Å²) >= 11 is 0. The third kappa shape index (κ3) is 1.83. The molecule has 1 saturated heterocycles. The predicted molar refractivity (Wildman–Crippen MR) is 54.9 cm³/mol. The van der Waals surface area contributed by atoms with Crippen molar-refractivity contribution in [3.05, 3.63) is 35.4 Å². The molecular formula is C12H14F2O2. The monoisotopic (exact) mass is 228 g/mol. The highest BCUT2D eigenvalue weighted by Crippen LogP contribution is 2.37. The number of benzene rings is 1. The number of rotatable bonds is 2. The Morgan fingerprint density at radius 3 is 2.50 bits per heavy atom. The molecule has 0 radical (unpaired) electrons. The molecule has 2 rings (SSSR count). The quantitative estimate of drug-likeness (QED) is 0.841. The van der Waals surface area contributed by atoms with Gasteiger partial charge in [0.15, 0.2) is 0 Å². The van der Waals surface area contributed by atoms with Gasteiger partial charge in [-0.1, -0.05) is 6.07 Å². The van der Waals surface area contributed by atoms with Gasteiger partial charge in [-0.15, -0.1) is 0 Å². The third-order valence-electron chi connectivity index (χ3n) is 3.19. The van der Waals surface area contributed by atoms with Gasteiger partial charge in [0.2, 0.25) is 0 Å². The average molecular weight is 228 g/mol. The van der Waals surface area contributed by atoms with Gasteiger partial charge in [-0.05, 0) is 25.5 Å². The van der Waals surface area contributed by atoms with Crippen LogP contribution in [0.4, 0.5) is 8.78 Å². The number of aliphatic hydroxyl groups is 1. The van der Waals surface area contributed by atoms with Crippen molar-refractivity contribution in [2.24, 2.45) is 5.92 Å². The Labute approximate surface area is 92.9 Å². The lowest BCUT2D eigenvalue weighted by Crippen LogP contribution is -2.34. The van der Waals surface area contributed by atoms with Gasteiger partial charge < -0.3 is 9.84 Å². The Morgan fingerprint density at radius 2 is 2.00 bits per heavy atom. The van der Waals surface area contributed by atoms with E-state index in [2.05, 4.69) is 0 Å². The van der Waals surface area contributed by atoms with E-state index < -0.39 is 17.2 Å². The average Bonchev–Trinajstić information content (AvgIpc) is 2.69. The molecule has 2 unspecified atom stereocenters. The van der Waals surface area contributed by atoms with Crippen LogP contribution in [0.5, 0.6) is 0 Å². The van der Waals surface area contributed by atoms with E-state index in [1.807, 2.05) is 0 Å². The number of ether oxygens (including phenoxy) is 1. The van der Waals surface area contributed by atoms with Gasteiger partial charge in [0.05, 0.1) is 17.8 Å². The molecule has 0 amide bonds. The lowest BCUT2D eigenvalue weighted by molar-refractivity contribution is -0.0156. The van der Waals surface area contributed by atoms with Crippen LogP contribution in [0.3, 0.4) is 0 Å². The summed E-state index contributed by atoms with van der Waals surface area (Å²) in [5, 5.41) is 10.3. The van der Waals surface area contributed by atoms with Crippen molar-refractivity contribution in [3.8, 4) is 0 Å². The molecule has 1 aliphatic heterocycles. The molecule has 1 aliphatic rings. The second-order valence-electron chi connectivity index (χ2n) is 4.30. The van der Waals surface area contributed by atoms with Gasteiger partial charge in [-0.25, -0.2) is 8.78 Å². The van der Waals surface area contributed by atoms with E-state index >= 15 is 0 Å². The molecular weight excluding hydrogens is 214 g/mol. The first kappa shape index (κ1) is 11.5. The van der Waals surface area contributed by atoms with E-state index in [0.717, 1.165) is 12.1 Å². The largest absolute Gasteiger partial charge is 0.385 e. The fraction of sp³-hybridized carbons (Fsp3) is 0.500. The van der Waals surface area contributed by atoms with Crippen molar-refractivity contribution in [2.45, 2.75) is 18.9 Å². The van der Waals surface area contributed by atoms with Crippen LogP contribution in [0.25, 0.3) is 0 Å². The molecule has 0 aromatic heterocycles. The maximum absolute atomic E-state index is 13.6. The first-order valence-corrected chi connectivity index (χ1v) is 5.28. The molecule has 1 fully saturated rings. The summed E-state index contributed by atoms with van der Waals surface area (Å²) in [6.07, 6.45) is 0.612. The topological polar surface area (TPSA) is 29.5 Å². The Morgan fingerprint density at radius 1 is 1.38 bits per heavy atom. The van der Waals surface area contributed by atoms with Crippen LogP contribution < -0.4 is 0 Å². The smallest absolute Gasteiger partial charge is 0.132 e. The summed E-state index contributed by atoms with van der Waals surface area (Å²) in [5.41, 5.74) is -1.78. The van der Waals surface area contributed by atoms with Crippen LogP contribution in [0.1, 0.15) is 18.9 Å². The fourth-order valence-corrected chi connectivity index (χ4v) is 2.16. The molecule has 1 aromatic carbocycles. The Balaban J connectivity index is 2.41. The molecule has 1 aromatic rings. The van der Waals surface area contributed by atoms with Gasteiger partial charge in [0, 0.05) is 12.5 Å². The van der Waals surface area contributed by atoms with Crippen LogP contribution in [0.2, 0.25) is 0 Å². The molecule has 2 nitrogen and oxygen atoms in total. The van der Waals surface area contributed by atoms with E-state index in [0.29, 0.717) is 19.6 Å². The fourth-order valence-electron chi connectivity index (χ4n) is 2.16. The van der Waals surface area contributed by atoms with Crippen molar-refractivity contribution in [1.29, 1.82) is 0 Å². The van der Waals surface area contributed by atoms with E-state index in [4.69, 9.17) is 4.74 Å². The van der Waals surface area contributed by atoms with Gasteiger partial charge >= 0.3 is 0 Å². The first-order chi connectivity index (χ1) is 7.53. The zero-order chi connectivity index (χ0) is 11.8. The van der Waals surface area contributed by atoms with Gasteiger partial charge in [0.25, 0.3) is 0 Å². The Bertz CT molecular complexity index is 364. The van der Waals surface area contributed by atoms with Crippen LogP contribution in [-0.4, -0.2) is 18.3 Å². The summed E-state index contributed by atoms with van der Waals surface area (Å²) in [7, 11) is 0. The minimum absolute atomic E-state index is 0.259. The molecule has 0 bridgehead atoms. The molecule has 1 heterocycles. The summed E-state index contributed by atoms with van der Waals surface area (Å²) in [5.74, 6) is -1.69. The normalized spacial score (nSPS) is 24.4. The summed E-state index contributed by atoms with van der Waals surface area (Å²) < 4.78 is 32.3. The van der Waals surface area contributed by atoms with Crippen LogP contribution in [-0.2, 0) is 10.3 Å². The summed E-state index contributed by atoms with van der Waals surface area (Å²) in [6.45, 7) is 2.30. The van der Waals surface area contributed by atoms with Gasteiger partial charge in [-0.3, -0.25) is 0 Å². The maximum atomic E-state index is 13.6. The highest BCUT2D eigenvalue weighted by atomic mass is 19.1. The van der Waals surface area contributed by atoms with E-state index in [-0.39, 0.29) is 11.5 Å². The Hall–Kier alpha value is -1.00. The lowest BCUT2D eigenvalue weighted by Gasteiger charge is -2.30. The zero-order valence-corrected chi connectivity index (χ0v) is 9.04. The van der Waals surface area contributed by atoms with Crippen molar-refractivity contribution in [2.75, 3.05) is 13.2 Å². The molecule has 0 saturated carbocycles. The SMILES string of the molecule is CC(O)(c1c(F)cccc1F)C1CCOC1. The zero-order valence-electron chi connectivity index (χ0n) is 9.04. The van der Waals surface area contributed by atoms with E-state index in [9.17, 15) is 13.9 Å². The second kappa shape index (κ2) is 4.11. The molecule has 88 valence electrons. The highest BCUT2D eigenvalue weighted by Gasteiger charge is 2.40. The number of hydrogen-bond acceptors (Lipinski definition) is 2. The van der Waals surface area contributed by atoms with Crippen LogP contribution >= 0.6 is 0 Å². The number of halogens is 2. The van der Waals surface area contributed by atoms with Crippen LogP contribution in [0, 0.1) is 17.6 Å². The van der Waals surface area contributed by atoms with Crippen LogP contribution in [0.15, 0.2) is 18.2 Å². The third-order valence-corrected chi connectivity index (χ3v) is 3.19. The summed E-state index contributed by atoms with van der Waals surface area (Å²) in [4.78, 5) is 0. The van der Waals surface area contributed by atoms with E-state index in [1.165, 1.54) is 13.0 Å². The van der Waals surface area contributed by atoms with Gasteiger partial charge in [-0.2, -0.15) is 0 Å². The minimum atomic E-state index is -1.52. The van der Waals surface area contributed by atoms with Crippen molar-refractivity contribution < 1.29 is 18.6 Å². The van der Waals surface area contributed by atoms with Crippen molar-refractivity contribution in [3.63, 3.8) is 0 Å². The first-order valence-electron chi connectivity index (χ1n) is 5.28. The molecule has 4 heteroatoms. The molecule has 0 spiro atoms. The highest BCUT2D eigenvalue weighted by molar-refractivity contribution is 5.26. The lowest BCUT2D eigenvalue weighted by atomic mass is 9.82. The minimum Gasteiger partial charge on any atom is -0.385 e. The van der Waals surface area contributed by atoms with Gasteiger partial charge in [0.1, 0.15) is 11.6 Å². The molecule has 1 N–H and O–H groups in total. The summed E-state index contributed by atoms with van der Waals surface area (Å²) in [6, 6.07) is 3.60. The number of hydrogen-bond donors (Lipinski definition) is 1. The molecule has 0 aliphatic carbocycles. The van der Waals surface area contributed by atoms with E-state index in [1.54, 1.807) is 0 Å². The van der Waals surface area contributed by atoms with Crippen molar-refractivity contribution in [1.82, 2.24) is 0 Å². The standard InChI is InChI=1S/C12H14F2O2/c1-12(15,8-5-6-16-7-8)11-9(13)3-2-4-10(11)14/h2-4,8,15H,5-7H2,1H3. The predicted octanol–water partition coefficient (Wildman–Crippen LogP) is 2.21. The Kier molecular flexibility index (Phi) is 2.95. The second-order valence-corrected chi connectivity index (χ2v) is 4.30. The maximum Gasteiger partial charge on any atom is 0.132 e. The molecule has 2 atom stereocenters.